The number of aromatic hydroxyl groups is 1. The van der Waals surface area contributed by atoms with E-state index in [4.69, 9.17) is 0 Å². The van der Waals surface area contributed by atoms with Crippen LogP contribution in [0.1, 0.15) is 78.3 Å². The topological polar surface area (TPSA) is 83.4 Å². The molecule has 1 fully saturated rings. The van der Waals surface area contributed by atoms with E-state index in [2.05, 4.69) is 39.7 Å². The lowest BCUT2D eigenvalue weighted by atomic mass is 9.91. The Morgan fingerprint density at radius 2 is 1.64 bits per heavy atom. The van der Waals surface area contributed by atoms with E-state index in [1.165, 1.54) is 0 Å². The van der Waals surface area contributed by atoms with Crippen LogP contribution in [0.25, 0.3) is 23.3 Å². The molecule has 6 nitrogen and oxygen atoms in total. The van der Waals surface area contributed by atoms with Crippen LogP contribution in [-0.2, 0) is 6.54 Å². The molecule has 3 aromatic carbocycles. The van der Waals surface area contributed by atoms with Gasteiger partial charge in [0, 0.05) is 47.4 Å². The molecule has 2 amide bonds. The molecule has 0 saturated heterocycles. The van der Waals surface area contributed by atoms with Crippen molar-refractivity contribution in [2.75, 3.05) is 0 Å². The molecule has 4 aromatic rings. The second-order valence-corrected chi connectivity index (χ2v) is 11.4. The molecule has 1 aliphatic carbocycles. The van der Waals surface area contributed by atoms with Crippen LogP contribution >= 0.6 is 0 Å². The first-order valence-electron chi connectivity index (χ1n) is 15.5. The first-order chi connectivity index (χ1) is 21.4. The summed E-state index contributed by atoms with van der Waals surface area (Å²) < 4.78 is 2.27. The zero-order valence-corrected chi connectivity index (χ0v) is 25.5. The van der Waals surface area contributed by atoms with Gasteiger partial charge >= 0.3 is 0 Å². The first kappa shape index (κ1) is 30.6. The highest BCUT2D eigenvalue weighted by molar-refractivity contribution is 5.96. The first-order valence-corrected chi connectivity index (χ1v) is 15.5. The van der Waals surface area contributed by atoms with Crippen LogP contribution in [-0.4, -0.2) is 27.5 Å². The number of aromatic nitrogens is 1. The van der Waals surface area contributed by atoms with Crippen LogP contribution in [0.3, 0.4) is 0 Å². The van der Waals surface area contributed by atoms with Gasteiger partial charge in [-0.25, -0.2) is 0 Å². The SMILES string of the molecule is C\C=C/C=c1/cc(-c2cccc(C(=O)NCc3ccc(C(=O)NC4CCC(n5cccc5)CC4)cc3)c2)cc(O)/c1=C\CC. The molecule has 6 heteroatoms. The van der Waals surface area contributed by atoms with Gasteiger partial charge < -0.3 is 20.3 Å². The number of allylic oxidation sites excluding steroid dienone is 2. The fraction of sp³-hybridized carbons (Fsp3) is 0.263. The summed E-state index contributed by atoms with van der Waals surface area (Å²) in [5.41, 5.74) is 3.75. The molecule has 0 bridgehead atoms. The molecule has 0 spiro atoms. The second kappa shape index (κ2) is 14.6. The highest BCUT2D eigenvalue weighted by Crippen LogP contribution is 2.28. The van der Waals surface area contributed by atoms with E-state index in [-0.39, 0.29) is 23.6 Å². The number of hydrogen-bond donors (Lipinski definition) is 3. The number of nitrogens with zero attached hydrogens (tertiary/aromatic N) is 1. The van der Waals surface area contributed by atoms with E-state index in [0.717, 1.165) is 59.2 Å². The van der Waals surface area contributed by atoms with Crippen molar-refractivity contribution >= 4 is 24.0 Å². The standard InChI is InChI=1S/C38H41N3O3/c1-3-5-10-30-24-32(25-36(42)35(30)9-4-2)29-11-8-12-31(23-29)37(43)39-26-27-13-15-28(16-14-27)38(44)40-33-17-19-34(20-18-33)41-21-6-7-22-41/h3,5-16,21-25,33-34,42H,4,17-20,26H2,1-2H3,(H,39,43)(H,40,44)/b5-3-,30-10-,35-9-. The Balaban J connectivity index is 1.18. The van der Waals surface area contributed by atoms with Crippen molar-refractivity contribution in [1.82, 2.24) is 15.2 Å². The Hall–Kier alpha value is -4.84. The van der Waals surface area contributed by atoms with Crippen molar-refractivity contribution in [2.24, 2.45) is 0 Å². The van der Waals surface area contributed by atoms with E-state index in [0.29, 0.717) is 23.7 Å². The van der Waals surface area contributed by atoms with E-state index in [1.807, 2.05) is 86.7 Å². The average Bonchev–Trinajstić information content (AvgIpc) is 3.60. The van der Waals surface area contributed by atoms with Crippen molar-refractivity contribution in [2.45, 2.75) is 64.6 Å². The Morgan fingerprint density at radius 3 is 2.34 bits per heavy atom. The Labute approximate surface area is 259 Å². The van der Waals surface area contributed by atoms with Crippen LogP contribution in [0.15, 0.2) is 97.3 Å². The number of nitrogens with one attached hydrogen (secondary N) is 2. The van der Waals surface area contributed by atoms with E-state index in [1.54, 1.807) is 12.1 Å². The zero-order valence-electron chi connectivity index (χ0n) is 25.5. The lowest BCUT2D eigenvalue weighted by molar-refractivity contribution is 0.0919. The van der Waals surface area contributed by atoms with Gasteiger partial charge in [-0.15, -0.1) is 0 Å². The highest BCUT2D eigenvalue weighted by atomic mass is 16.3. The molecule has 1 heterocycles. The second-order valence-electron chi connectivity index (χ2n) is 11.4. The smallest absolute Gasteiger partial charge is 0.251 e. The Kier molecular flexibility index (Phi) is 10.1. The highest BCUT2D eigenvalue weighted by Gasteiger charge is 2.23. The number of phenolic OH excluding ortho intramolecular Hbond substituents is 1. The van der Waals surface area contributed by atoms with Gasteiger partial charge in [0.25, 0.3) is 11.8 Å². The van der Waals surface area contributed by atoms with Crippen LogP contribution in [0, 0.1) is 0 Å². The third-order valence-corrected chi connectivity index (χ3v) is 8.28. The average molecular weight is 588 g/mol. The number of rotatable bonds is 9. The third kappa shape index (κ3) is 7.56. The Morgan fingerprint density at radius 1 is 0.886 bits per heavy atom. The molecule has 0 aliphatic heterocycles. The Bertz CT molecular complexity index is 1730. The monoisotopic (exact) mass is 587 g/mol. The number of carbonyl (C=O) groups is 2. The molecule has 0 unspecified atom stereocenters. The summed E-state index contributed by atoms with van der Waals surface area (Å²) in [7, 11) is 0. The predicted octanol–water partition coefficient (Wildman–Crippen LogP) is 6.25. The van der Waals surface area contributed by atoms with Gasteiger partial charge in [-0.3, -0.25) is 9.59 Å². The van der Waals surface area contributed by atoms with Gasteiger partial charge in [-0.2, -0.15) is 0 Å². The summed E-state index contributed by atoms with van der Waals surface area (Å²) in [6, 6.07) is 23.4. The van der Waals surface area contributed by atoms with E-state index in [9.17, 15) is 14.7 Å². The molecule has 0 radical (unpaired) electrons. The van der Waals surface area contributed by atoms with Crippen LogP contribution in [0.5, 0.6) is 5.75 Å². The van der Waals surface area contributed by atoms with Crippen molar-refractivity contribution in [3.63, 3.8) is 0 Å². The van der Waals surface area contributed by atoms with Crippen LogP contribution in [0.2, 0.25) is 0 Å². The molecular weight excluding hydrogens is 546 g/mol. The fourth-order valence-electron chi connectivity index (χ4n) is 5.87. The minimum Gasteiger partial charge on any atom is -0.507 e. The van der Waals surface area contributed by atoms with Gasteiger partial charge in [-0.05, 0) is 109 Å². The quantitative estimate of drug-likeness (QED) is 0.216. The number of hydrogen-bond acceptors (Lipinski definition) is 3. The van der Waals surface area contributed by atoms with Crippen molar-refractivity contribution in [3.8, 4) is 16.9 Å². The lowest BCUT2D eigenvalue weighted by Gasteiger charge is -2.30. The van der Waals surface area contributed by atoms with Crippen LogP contribution < -0.4 is 21.1 Å². The van der Waals surface area contributed by atoms with Crippen LogP contribution in [0.4, 0.5) is 0 Å². The number of benzene rings is 3. The molecule has 0 atom stereocenters. The summed E-state index contributed by atoms with van der Waals surface area (Å²) in [6.07, 6.45) is 17.0. The van der Waals surface area contributed by atoms with E-state index >= 15 is 0 Å². The van der Waals surface area contributed by atoms with Crippen molar-refractivity contribution < 1.29 is 14.7 Å². The van der Waals surface area contributed by atoms with Crippen molar-refractivity contribution in [1.29, 1.82) is 0 Å². The summed E-state index contributed by atoms with van der Waals surface area (Å²) in [6.45, 7) is 4.34. The molecule has 1 aliphatic rings. The number of amides is 2. The maximum absolute atomic E-state index is 13.1. The minimum absolute atomic E-state index is 0.0556. The van der Waals surface area contributed by atoms with Crippen molar-refractivity contribution in [3.05, 3.63) is 124 Å². The molecule has 1 aromatic heterocycles. The van der Waals surface area contributed by atoms with Gasteiger partial charge in [0.1, 0.15) is 5.75 Å². The normalized spacial score (nSPS) is 17.6. The number of carbonyl (C=O) groups excluding carboxylic acids is 2. The summed E-state index contributed by atoms with van der Waals surface area (Å²) >= 11 is 0. The zero-order chi connectivity index (χ0) is 30.9. The maximum Gasteiger partial charge on any atom is 0.251 e. The molecule has 1 saturated carbocycles. The predicted molar refractivity (Wildman–Crippen MR) is 178 cm³/mol. The minimum atomic E-state index is -0.190. The molecular formula is C38H41N3O3. The molecule has 44 heavy (non-hydrogen) atoms. The van der Waals surface area contributed by atoms with Gasteiger partial charge in [0.05, 0.1) is 0 Å². The van der Waals surface area contributed by atoms with Gasteiger partial charge in [0.15, 0.2) is 0 Å². The maximum atomic E-state index is 13.1. The fourth-order valence-corrected chi connectivity index (χ4v) is 5.87. The van der Waals surface area contributed by atoms with Gasteiger partial charge in [0.2, 0.25) is 0 Å². The third-order valence-electron chi connectivity index (χ3n) is 8.28. The number of phenols is 1. The summed E-state index contributed by atoms with van der Waals surface area (Å²) in [5, 5.41) is 18.7. The lowest BCUT2D eigenvalue weighted by Crippen LogP contribution is -2.37. The molecule has 5 rings (SSSR count). The summed E-state index contributed by atoms with van der Waals surface area (Å²) in [5.74, 6) is -0.0303. The largest absolute Gasteiger partial charge is 0.507 e. The summed E-state index contributed by atoms with van der Waals surface area (Å²) in [4.78, 5) is 25.9. The molecule has 3 N–H and O–H groups in total. The molecule has 226 valence electrons. The van der Waals surface area contributed by atoms with Gasteiger partial charge in [-0.1, -0.05) is 55.5 Å². The van der Waals surface area contributed by atoms with E-state index < -0.39 is 0 Å².